The average Bonchev–Trinajstić information content (AvgIpc) is 2.42. The molecule has 4 N–H and O–H groups in total. The summed E-state index contributed by atoms with van der Waals surface area (Å²) in [5.41, 5.74) is 6.20. The first-order valence-electron chi connectivity index (χ1n) is 6.04. The first-order valence-corrected chi connectivity index (χ1v) is 6.04. The van der Waals surface area contributed by atoms with Gasteiger partial charge >= 0.3 is 5.97 Å². The highest BCUT2D eigenvalue weighted by Gasteiger charge is 2.09. The Morgan fingerprint density at radius 3 is 2.85 bits per heavy atom. The molecule has 0 spiro atoms. The number of nitrogens with two attached hydrogens (primary N) is 1. The molecule has 0 radical (unpaired) electrons. The van der Waals surface area contributed by atoms with Crippen molar-refractivity contribution in [2.24, 2.45) is 0 Å². The third kappa shape index (κ3) is 3.23. The lowest BCUT2D eigenvalue weighted by atomic mass is 10.1. The molecule has 0 atom stereocenters. The van der Waals surface area contributed by atoms with E-state index in [1.165, 1.54) is 18.3 Å². The van der Waals surface area contributed by atoms with Crippen molar-refractivity contribution in [3.05, 3.63) is 53.5 Å². The predicted octanol–water partition coefficient (Wildman–Crippen LogP) is 2.16. The van der Waals surface area contributed by atoms with E-state index in [-0.39, 0.29) is 17.1 Å². The minimum absolute atomic E-state index is 0.00612. The van der Waals surface area contributed by atoms with Crippen LogP contribution in [0, 0.1) is 5.82 Å². The van der Waals surface area contributed by atoms with Gasteiger partial charge in [-0.1, -0.05) is 18.2 Å². The first kappa shape index (κ1) is 13.8. The van der Waals surface area contributed by atoms with Crippen molar-refractivity contribution in [3.63, 3.8) is 0 Å². The number of hydrogen-bond acceptors (Lipinski definition) is 4. The van der Waals surface area contributed by atoms with E-state index < -0.39 is 5.97 Å². The fourth-order valence-electron chi connectivity index (χ4n) is 1.77. The van der Waals surface area contributed by atoms with Crippen LogP contribution in [-0.4, -0.2) is 22.6 Å². The van der Waals surface area contributed by atoms with E-state index in [1.54, 1.807) is 18.2 Å². The maximum absolute atomic E-state index is 13.4. The van der Waals surface area contributed by atoms with Crippen molar-refractivity contribution < 1.29 is 14.3 Å². The summed E-state index contributed by atoms with van der Waals surface area (Å²) in [4.78, 5) is 14.9. The number of halogens is 1. The molecule has 1 aromatic heterocycles. The van der Waals surface area contributed by atoms with Gasteiger partial charge in [-0.3, -0.25) is 0 Å². The van der Waals surface area contributed by atoms with E-state index >= 15 is 0 Å². The van der Waals surface area contributed by atoms with Gasteiger partial charge in [-0.15, -0.1) is 0 Å². The molecule has 0 unspecified atom stereocenters. The van der Waals surface area contributed by atoms with E-state index in [2.05, 4.69) is 10.3 Å². The van der Waals surface area contributed by atoms with Crippen LogP contribution in [0.25, 0.3) is 0 Å². The average molecular weight is 275 g/mol. The van der Waals surface area contributed by atoms with Crippen LogP contribution in [0.1, 0.15) is 15.9 Å². The molecule has 0 aliphatic carbocycles. The summed E-state index contributed by atoms with van der Waals surface area (Å²) in [5.74, 6) is -0.971. The highest BCUT2D eigenvalue weighted by molar-refractivity contribution is 5.94. The van der Waals surface area contributed by atoms with Gasteiger partial charge in [0.25, 0.3) is 0 Å². The topological polar surface area (TPSA) is 88.2 Å². The standard InChI is InChI=1S/C14H14FN3O2/c15-11-4-2-1-3-9(11)5-6-17-13-7-10(14(19)20)12(16)8-18-13/h1-4,7-8H,5-6,16H2,(H,17,18)(H,19,20). The quantitative estimate of drug-likeness (QED) is 0.778. The number of nitrogen functional groups attached to an aromatic ring is 1. The third-order valence-corrected chi connectivity index (χ3v) is 2.82. The Morgan fingerprint density at radius 1 is 1.40 bits per heavy atom. The van der Waals surface area contributed by atoms with E-state index in [1.807, 2.05) is 0 Å². The van der Waals surface area contributed by atoms with Crippen LogP contribution in [0.2, 0.25) is 0 Å². The highest BCUT2D eigenvalue weighted by Crippen LogP contribution is 2.15. The molecule has 6 heteroatoms. The van der Waals surface area contributed by atoms with E-state index in [4.69, 9.17) is 10.8 Å². The zero-order valence-corrected chi connectivity index (χ0v) is 10.6. The monoisotopic (exact) mass is 275 g/mol. The van der Waals surface area contributed by atoms with Gasteiger partial charge in [-0.25, -0.2) is 14.2 Å². The number of carboxylic acid groups (broad SMARTS) is 1. The molecule has 20 heavy (non-hydrogen) atoms. The number of aromatic nitrogens is 1. The largest absolute Gasteiger partial charge is 0.478 e. The molecule has 1 heterocycles. The van der Waals surface area contributed by atoms with Gasteiger partial charge in [0.2, 0.25) is 0 Å². The minimum Gasteiger partial charge on any atom is -0.478 e. The summed E-state index contributed by atoms with van der Waals surface area (Å²) in [6.07, 6.45) is 1.76. The van der Waals surface area contributed by atoms with Crippen molar-refractivity contribution in [3.8, 4) is 0 Å². The van der Waals surface area contributed by atoms with Crippen LogP contribution in [0.4, 0.5) is 15.9 Å². The molecular formula is C14H14FN3O2. The van der Waals surface area contributed by atoms with Crippen LogP contribution in [0.5, 0.6) is 0 Å². The zero-order valence-electron chi connectivity index (χ0n) is 10.6. The number of carbonyl (C=O) groups is 1. The molecule has 2 rings (SSSR count). The highest BCUT2D eigenvalue weighted by atomic mass is 19.1. The number of benzene rings is 1. The Labute approximate surface area is 115 Å². The Hall–Kier alpha value is -2.63. The van der Waals surface area contributed by atoms with Crippen molar-refractivity contribution >= 4 is 17.5 Å². The number of hydrogen-bond donors (Lipinski definition) is 3. The summed E-state index contributed by atoms with van der Waals surface area (Å²) in [7, 11) is 0. The Bertz CT molecular complexity index is 632. The van der Waals surface area contributed by atoms with Gasteiger partial charge in [-0.05, 0) is 24.1 Å². The van der Waals surface area contributed by atoms with Crippen molar-refractivity contribution in [1.29, 1.82) is 0 Å². The summed E-state index contributed by atoms with van der Waals surface area (Å²) < 4.78 is 13.4. The molecule has 0 bridgehead atoms. The number of rotatable bonds is 5. The van der Waals surface area contributed by atoms with Crippen LogP contribution in [0.3, 0.4) is 0 Å². The van der Waals surface area contributed by atoms with Gasteiger partial charge in [0.05, 0.1) is 17.4 Å². The van der Waals surface area contributed by atoms with Gasteiger partial charge < -0.3 is 16.2 Å². The van der Waals surface area contributed by atoms with E-state index in [9.17, 15) is 9.18 Å². The number of nitrogens with zero attached hydrogens (tertiary/aromatic N) is 1. The van der Waals surface area contributed by atoms with Gasteiger partial charge in [0.15, 0.2) is 0 Å². The van der Waals surface area contributed by atoms with Crippen LogP contribution < -0.4 is 11.1 Å². The number of nitrogens with one attached hydrogen (secondary N) is 1. The molecule has 5 nitrogen and oxygen atoms in total. The third-order valence-electron chi connectivity index (χ3n) is 2.82. The van der Waals surface area contributed by atoms with Gasteiger partial charge in [0.1, 0.15) is 11.6 Å². The van der Waals surface area contributed by atoms with E-state index in [0.717, 1.165) is 0 Å². The number of anilines is 2. The molecular weight excluding hydrogens is 261 g/mol. The van der Waals surface area contributed by atoms with E-state index in [0.29, 0.717) is 24.3 Å². The Kier molecular flexibility index (Phi) is 4.14. The molecule has 0 saturated carbocycles. The fourth-order valence-corrected chi connectivity index (χ4v) is 1.77. The lowest BCUT2D eigenvalue weighted by Gasteiger charge is -2.08. The summed E-state index contributed by atoms with van der Waals surface area (Å²) in [5, 5.41) is 11.9. The Morgan fingerprint density at radius 2 is 2.15 bits per heavy atom. The molecule has 0 fully saturated rings. The maximum Gasteiger partial charge on any atom is 0.337 e. The number of pyridine rings is 1. The minimum atomic E-state index is -1.11. The lowest BCUT2D eigenvalue weighted by Crippen LogP contribution is -2.10. The summed E-state index contributed by atoms with van der Waals surface area (Å²) in [6, 6.07) is 7.86. The SMILES string of the molecule is Nc1cnc(NCCc2ccccc2F)cc1C(=O)O. The molecule has 0 saturated heterocycles. The van der Waals surface area contributed by atoms with Crippen LogP contribution in [0.15, 0.2) is 36.5 Å². The summed E-state index contributed by atoms with van der Waals surface area (Å²) >= 11 is 0. The van der Waals surface area contributed by atoms with Crippen molar-refractivity contribution in [1.82, 2.24) is 4.98 Å². The second-order valence-corrected chi connectivity index (χ2v) is 4.23. The molecule has 0 aliphatic heterocycles. The predicted molar refractivity (Wildman–Crippen MR) is 74.2 cm³/mol. The molecule has 0 aliphatic rings. The second-order valence-electron chi connectivity index (χ2n) is 4.23. The summed E-state index contributed by atoms with van der Waals surface area (Å²) in [6.45, 7) is 0.441. The maximum atomic E-state index is 13.4. The van der Waals surface area contributed by atoms with Crippen LogP contribution in [-0.2, 0) is 6.42 Å². The van der Waals surface area contributed by atoms with Crippen molar-refractivity contribution in [2.75, 3.05) is 17.6 Å². The molecule has 1 aromatic carbocycles. The first-order chi connectivity index (χ1) is 9.58. The van der Waals surface area contributed by atoms with Crippen molar-refractivity contribution in [2.45, 2.75) is 6.42 Å². The Balaban J connectivity index is 2.00. The molecule has 0 amide bonds. The number of aromatic carboxylic acids is 1. The van der Waals surface area contributed by atoms with Crippen LogP contribution >= 0.6 is 0 Å². The molecule has 104 valence electrons. The lowest BCUT2D eigenvalue weighted by molar-refractivity contribution is 0.0698. The second kappa shape index (κ2) is 6.01. The zero-order chi connectivity index (χ0) is 14.5. The molecule has 2 aromatic rings. The van der Waals surface area contributed by atoms with Gasteiger partial charge in [0, 0.05) is 6.54 Å². The fraction of sp³-hybridized carbons (Fsp3) is 0.143. The normalized spacial score (nSPS) is 10.2. The number of carboxylic acids is 1. The van der Waals surface area contributed by atoms with Gasteiger partial charge in [-0.2, -0.15) is 0 Å². The smallest absolute Gasteiger partial charge is 0.337 e.